The summed E-state index contributed by atoms with van der Waals surface area (Å²) in [6.07, 6.45) is 11.0. The van der Waals surface area contributed by atoms with Gasteiger partial charge >= 0.3 is 0 Å². The van der Waals surface area contributed by atoms with Crippen molar-refractivity contribution in [1.82, 2.24) is 0 Å². The van der Waals surface area contributed by atoms with Gasteiger partial charge in [-0.2, -0.15) is 0 Å². The lowest BCUT2D eigenvalue weighted by molar-refractivity contribution is 0.397. The van der Waals surface area contributed by atoms with Crippen LogP contribution >= 0.6 is 0 Å². The summed E-state index contributed by atoms with van der Waals surface area (Å²) in [5.74, 6) is 1.77. The predicted molar refractivity (Wildman–Crippen MR) is 43.7 cm³/mol. The molecule has 0 saturated heterocycles. The summed E-state index contributed by atoms with van der Waals surface area (Å²) < 4.78 is 0. The van der Waals surface area contributed by atoms with Crippen LogP contribution in [-0.4, -0.2) is 0 Å². The molecular weight excluding hydrogens is 120 g/mol. The van der Waals surface area contributed by atoms with Crippen LogP contribution in [-0.2, 0) is 0 Å². The van der Waals surface area contributed by atoms with Crippen molar-refractivity contribution in [1.29, 1.82) is 0 Å². The lowest BCUT2D eigenvalue weighted by atomic mass is 9.80. The summed E-state index contributed by atoms with van der Waals surface area (Å²) in [6, 6.07) is 0. The van der Waals surface area contributed by atoms with E-state index in [0.717, 1.165) is 11.8 Å². The molecule has 1 saturated carbocycles. The molecule has 0 heteroatoms. The van der Waals surface area contributed by atoms with E-state index >= 15 is 0 Å². The van der Waals surface area contributed by atoms with Crippen LogP contribution in [0.5, 0.6) is 0 Å². The van der Waals surface area contributed by atoms with Gasteiger partial charge in [-0.1, -0.05) is 30.7 Å². The van der Waals surface area contributed by atoms with E-state index in [-0.39, 0.29) is 0 Å². The second-order valence-electron chi connectivity index (χ2n) is 3.61. The maximum absolute atomic E-state index is 2.36. The van der Waals surface area contributed by atoms with Gasteiger partial charge in [-0.25, -0.2) is 0 Å². The Balaban J connectivity index is 2.12. The van der Waals surface area contributed by atoms with Crippen LogP contribution in [0.1, 0.15) is 26.2 Å². The molecule has 2 atom stereocenters. The topological polar surface area (TPSA) is 0 Å². The van der Waals surface area contributed by atoms with Crippen molar-refractivity contribution in [3.8, 4) is 0 Å². The smallest absolute Gasteiger partial charge is 0.00145 e. The maximum atomic E-state index is 2.36. The van der Waals surface area contributed by atoms with Gasteiger partial charge in [-0.3, -0.25) is 0 Å². The Morgan fingerprint density at radius 3 is 3.30 bits per heavy atom. The van der Waals surface area contributed by atoms with Crippen molar-refractivity contribution in [2.45, 2.75) is 26.2 Å². The van der Waals surface area contributed by atoms with E-state index in [2.05, 4.69) is 25.2 Å². The molecule has 0 aromatic rings. The predicted octanol–water partition coefficient (Wildman–Crippen LogP) is 2.92. The molecule has 2 rings (SSSR count). The second kappa shape index (κ2) is 2.26. The van der Waals surface area contributed by atoms with Gasteiger partial charge in [-0.05, 0) is 31.1 Å². The standard InChI is InChI=1S/C10H14/c1-8-5-6-9-3-2-4-10(9)7-8/h2-4,8,10H,5-7H2,1H3. The van der Waals surface area contributed by atoms with E-state index in [1.54, 1.807) is 5.57 Å². The van der Waals surface area contributed by atoms with Gasteiger partial charge < -0.3 is 0 Å². The Morgan fingerprint density at radius 2 is 2.40 bits per heavy atom. The molecule has 10 heavy (non-hydrogen) atoms. The number of hydrogen-bond acceptors (Lipinski definition) is 0. The van der Waals surface area contributed by atoms with Crippen LogP contribution in [0.15, 0.2) is 23.8 Å². The first-order valence-corrected chi connectivity index (χ1v) is 4.23. The van der Waals surface area contributed by atoms with Gasteiger partial charge in [0.15, 0.2) is 0 Å². The van der Waals surface area contributed by atoms with Crippen LogP contribution in [0.4, 0.5) is 0 Å². The fraction of sp³-hybridized carbons (Fsp3) is 0.600. The Labute approximate surface area is 62.6 Å². The summed E-state index contributed by atoms with van der Waals surface area (Å²) in [6.45, 7) is 2.36. The molecule has 1 fully saturated rings. The molecule has 0 aromatic heterocycles. The van der Waals surface area contributed by atoms with E-state index < -0.39 is 0 Å². The fourth-order valence-electron chi connectivity index (χ4n) is 2.02. The minimum absolute atomic E-state index is 0.823. The van der Waals surface area contributed by atoms with E-state index in [0.29, 0.717) is 0 Å². The summed E-state index contributed by atoms with van der Waals surface area (Å²) in [7, 11) is 0. The molecule has 0 heterocycles. The van der Waals surface area contributed by atoms with Gasteiger partial charge in [-0.15, -0.1) is 0 Å². The summed E-state index contributed by atoms with van der Waals surface area (Å²) in [4.78, 5) is 0. The Bertz CT molecular complexity index is 186. The number of fused-ring (bicyclic) bond motifs is 1. The maximum Gasteiger partial charge on any atom is -0.00145 e. The minimum atomic E-state index is 0.823. The normalized spacial score (nSPS) is 37.5. The third-order valence-electron chi connectivity index (χ3n) is 2.71. The molecule has 2 unspecified atom stereocenters. The first kappa shape index (κ1) is 6.21. The molecule has 0 spiro atoms. The van der Waals surface area contributed by atoms with Gasteiger partial charge in [0.2, 0.25) is 0 Å². The zero-order valence-electron chi connectivity index (χ0n) is 6.51. The summed E-state index contributed by atoms with van der Waals surface area (Å²) in [5, 5.41) is 0. The summed E-state index contributed by atoms with van der Waals surface area (Å²) in [5.41, 5.74) is 1.68. The highest BCUT2D eigenvalue weighted by molar-refractivity contribution is 5.28. The van der Waals surface area contributed by atoms with Crippen molar-refractivity contribution < 1.29 is 0 Å². The average Bonchev–Trinajstić information content (AvgIpc) is 2.33. The quantitative estimate of drug-likeness (QED) is 0.478. The zero-order chi connectivity index (χ0) is 6.97. The fourth-order valence-corrected chi connectivity index (χ4v) is 2.02. The number of allylic oxidation sites excluding steroid dienone is 4. The van der Waals surface area contributed by atoms with Crippen LogP contribution in [0.25, 0.3) is 0 Å². The van der Waals surface area contributed by atoms with E-state index in [9.17, 15) is 0 Å². The monoisotopic (exact) mass is 134 g/mol. The molecule has 0 aliphatic heterocycles. The highest BCUT2D eigenvalue weighted by Crippen LogP contribution is 2.36. The van der Waals surface area contributed by atoms with E-state index in [1.165, 1.54) is 19.3 Å². The van der Waals surface area contributed by atoms with Crippen LogP contribution < -0.4 is 0 Å². The lowest BCUT2D eigenvalue weighted by Gasteiger charge is -2.25. The SMILES string of the molecule is CC1CCC2=CC=CC2C1. The minimum Gasteiger partial charge on any atom is -0.0773 e. The van der Waals surface area contributed by atoms with Crippen molar-refractivity contribution >= 4 is 0 Å². The molecule has 0 nitrogen and oxygen atoms in total. The second-order valence-corrected chi connectivity index (χ2v) is 3.61. The van der Waals surface area contributed by atoms with Crippen molar-refractivity contribution in [2.24, 2.45) is 11.8 Å². The molecule has 54 valence electrons. The zero-order valence-corrected chi connectivity index (χ0v) is 6.51. The van der Waals surface area contributed by atoms with Gasteiger partial charge in [0, 0.05) is 0 Å². The largest absolute Gasteiger partial charge is 0.0773 e. The number of hydrogen-bond donors (Lipinski definition) is 0. The lowest BCUT2D eigenvalue weighted by Crippen LogP contribution is -2.12. The molecule has 0 amide bonds. The van der Waals surface area contributed by atoms with Gasteiger partial charge in [0.25, 0.3) is 0 Å². The highest BCUT2D eigenvalue weighted by atomic mass is 14.3. The van der Waals surface area contributed by atoms with Crippen molar-refractivity contribution in [2.75, 3.05) is 0 Å². The molecule has 0 radical (unpaired) electrons. The Morgan fingerprint density at radius 1 is 1.50 bits per heavy atom. The van der Waals surface area contributed by atoms with Gasteiger partial charge in [0.05, 0.1) is 0 Å². The molecule has 0 N–H and O–H groups in total. The highest BCUT2D eigenvalue weighted by Gasteiger charge is 2.22. The summed E-state index contributed by atoms with van der Waals surface area (Å²) >= 11 is 0. The van der Waals surface area contributed by atoms with Crippen molar-refractivity contribution in [3.05, 3.63) is 23.8 Å². The molecule has 2 aliphatic rings. The van der Waals surface area contributed by atoms with Crippen molar-refractivity contribution in [3.63, 3.8) is 0 Å². The van der Waals surface area contributed by atoms with Gasteiger partial charge in [0.1, 0.15) is 0 Å². The van der Waals surface area contributed by atoms with Crippen LogP contribution in [0.2, 0.25) is 0 Å². The average molecular weight is 134 g/mol. The first-order valence-electron chi connectivity index (χ1n) is 4.23. The Kier molecular flexibility index (Phi) is 1.40. The molecule has 0 bridgehead atoms. The molecule has 0 aromatic carbocycles. The molecule has 2 aliphatic carbocycles. The van der Waals surface area contributed by atoms with E-state index in [1.807, 2.05) is 0 Å². The first-order chi connectivity index (χ1) is 4.86. The molecular formula is C10H14. The third kappa shape index (κ3) is 0.920. The van der Waals surface area contributed by atoms with Crippen LogP contribution in [0.3, 0.4) is 0 Å². The number of rotatable bonds is 0. The third-order valence-corrected chi connectivity index (χ3v) is 2.71. The van der Waals surface area contributed by atoms with Crippen LogP contribution in [0, 0.1) is 11.8 Å². The van der Waals surface area contributed by atoms with E-state index in [4.69, 9.17) is 0 Å². The Hall–Kier alpha value is -0.520.